The van der Waals surface area contributed by atoms with Crippen molar-refractivity contribution in [1.82, 2.24) is 0 Å². The van der Waals surface area contributed by atoms with Crippen molar-refractivity contribution < 1.29 is 28.5 Å². The molecule has 0 aliphatic carbocycles. The number of anilines is 1. The molecule has 0 radical (unpaired) electrons. The lowest BCUT2D eigenvalue weighted by atomic mass is 10.2. The Labute approximate surface area is 132 Å². The molecule has 0 saturated heterocycles. The number of rotatable bonds is 2. The average Bonchev–Trinajstić information content (AvgIpc) is 2.74. The molecule has 1 heterocycles. The van der Waals surface area contributed by atoms with Gasteiger partial charge in [0.15, 0.2) is 12.2 Å². The molecule has 5 heteroatoms. The first-order valence-corrected chi connectivity index (χ1v) is 6.22. The Morgan fingerprint density at radius 3 is 2.68 bits per heavy atom. The second kappa shape index (κ2) is 6.47. The summed E-state index contributed by atoms with van der Waals surface area (Å²) in [4.78, 5) is 4.45. The Kier molecular flexibility index (Phi) is 5.49. The Hall–Kier alpha value is -0.950. The third-order valence-corrected chi connectivity index (χ3v) is 2.64. The van der Waals surface area contributed by atoms with E-state index in [1.165, 1.54) is 5.56 Å². The Bertz CT molecular complexity index is 488. The maximum Gasteiger partial charge on any atom is 0.191 e. The van der Waals surface area contributed by atoms with Crippen LogP contribution >= 0.6 is 0 Å². The standard InChI is InChI=1S/C14H21N4.HI/c1-12-6-5-7-13(10-12)17-9-8-14(16-17)15-11-18(2,3)4;/h5-7,10-11H,8-9H2,1-4H3;1H/q+1;/p-1. The molecule has 0 bridgehead atoms. The molecule has 0 spiro atoms. The van der Waals surface area contributed by atoms with Gasteiger partial charge >= 0.3 is 0 Å². The highest BCUT2D eigenvalue weighted by Crippen LogP contribution is 2.20. The summed E-state index contributed by atoms with van der Waals surface area (Å²) in [5.41, 5.74) is 2.40. The quantitative estimate of drug-likeness (QED) is 0.291. The molecule has 1 aromatic rings. The second-order valence-electron chi connectivity index (χ2n) is 5.59. The van der Waals surface area contributed by atoms with E-state index in [0.717, 1.165) is 24.5 Å². The van der Waals surface area contributed by atoms with Gasteiger partial charge in [0, 0.05) is 13.0 Å². The van der Waals surface area contributed by atoms with Crippen LogP contribution in [0.15, 0.2) is 34.4 Å². The van der Waals surface area contributed by atoms with Gasteiger partial charge < -0.3 is 24.0 Å². The summed E-state index contributed by atoms with van der Waals surface area (Å²) in [6.07, 6.45) is 2.82. The molecule has 0 aromatic heterocycles. The summed E-state index contributed by atoms with van der Waals surface area (Å²) < 4.78 is 0.712. The third kappa shape index (κ3) is 4.91. The topological polar surface area (TPSA) is 28.0 Å². The predicted octanol–water partition coefficient (Wildman–Crippen LogP) is -0.743. The minimum absolute atomic E-state index is 0. The number of aryl methyl sites for hydroxylation is 1. The van der Waals surface area contributed by atoms with Crippen molar-refractivity contribution in [3.63, 3.8) is 0 Å². The number of amidine groups is 1. The van der Waals surface area contributed by atoms with Crippen LogP contribution in [-0.4, -0.2) is 44.3 Å². The summed E-state index contributed by atoms with van der Waals surface area (Å²) in [5.74, 6) is 0.907. The Balaban J connectivity index is 0.00000180. The van der Waals surface area contributed by atoms with Gasteiger partial charge in [-0.1, -0.05) is 12.1 Å². The second-order valence-corrected chi connectivity index (χ2v) is 5.59. The molecule has 1 aliphatic rings. The maximum atomic E-state index is 4.54. The van der Waals surface area contributed by atoms with Crippen LogP contribution in [0.2, 0.25) is 0 Å². The zero-order valence-electron chi connectivity index (χ0n) is 12.0. The molecule has 19 heavy (non-hydrogen) atoms. The molecule has 1 aromatic carbocycles. The van der Waals surface area contributed by atoms with Gasteiger partial charge in [0.2, 0.25) is 0 Å². The zero-order chi connectivity index (χ0) is 13.2. The van der Waals surface area contributed by atoms with Crippen molar-refractivity contribution in [2.24, 2.45) is 10.1 Å². The minimum Gasteiger partial charge on any atom is -1.00 e. The summed E-state index contributed by atoms with van der Waals surface area (Å²) in [6, 6.07) is 8.39. The van der Waals surface area contributed by atoms with Crippen LogP contribution in [-0.2, 0) is 0 Å². The molecular formula is C14H21IN4. The van der Waals surface area contributed by atoms with Gasteiger partial charge in [-0.2, -0.15) is 10.1 Å². The maximum absolute atomic E-state index is 4.54. The number of halogens is 1. The van der Waals surface area contributed by atoms with E-state index in [0.29, 0.717) is 4.48 Å². The molecule has 0 N–H and O–H groups in total. The van der Waals surface area contributed by atoms with Gasteiger partial charge in [0.05, 0.1) is 26.8 Å². The normalized spacial score (nSPS) is 15.6. The number of aliphatic imine (C=N–C) groups is 1. The number of benzene rings is 1. The van der Waals surface area contributed by atoms with Gasteiger partial charge in [-0.3, -0.25) is 9.49 Å². The first-order chi connectivity index (χ1) is 8.44. The van der Waals surface area contributed by atoms with Gasteiger partial charge in [-0.15, -0.1) is 0 Å². The fourth-order valence-corrected chi connectivity index (χ4v) is 1.75. The fraction of sp³-hybridized carbons (Fsp3) is 0.429. The van der Waals surface area contributed by atoms with Crippen LogP contribution < -0.4 is 29.0 Å². The van der Waals surface area contributed by atoms with E-state index in [2.05, 4.69) is 62.4 Å². The van der Waals surface area contributed by atoms with Crippen LogP contribution in [0.3, 0.4) is 0 Å². The molecule has 4 nitrogen and oxygen atoms in total. The fourth-order valence-electron chi connectivity index (χ4n) is 1.75. The minimum atomic E-state index is 0. The van der Waals surface area contributed by atoms with Crippen molar-refractivity contribution in [2.45, 2.75) is 13.3 Å². The van der Waals surface area contributed by atoms with Crippen LogP contribution in [0.25, 0.3) is 0 Å². The first kappa shape index (κ1) is 16.1. The highest BCUT2D eigenvalue weighted by atomic mass is 127. The van der Waals surface area contributed by atoms with E-state index < -0.39 is 0 Å². The molecule has 0 saturated carbocycles. The molecular weight excluding hydrogens is 351 g/mol. The Morgan fingerprint density at radius 1 is 1.32 bits per heavy atom. The molecule has 0 atom stereocenters. The molecule has 0 fully saturated rings. The number of hydrogen-bond acceptors (Lipinski definition) is 3. The van der Waals surface area contributed by atoms with Crippen LogP contribution in [0.4, 0.5) is 5.69 Å². The van der Waals surface area contributed by atoms with E-state index in [9.17, 15) is 0 Å². The largest absolute Gasteiger partial charge is 1.00 e. The van der Waals surface area contributed by atoms with E-state index >= 15 is 0 Å². The number of hydrazone groups is 1. The lowest BCUT2D eigenvalue weighted by molar-refractivity contribution is -0.769. The van der Waals surface area contributed by atoms with Crippen molar-refractivity contribution in [3.8, 4) is 0 Å². The molecule has 1 aliphatic heterocycles. The first-order valence-electron chi connectivity index (χ1n) is 6.22. The summed E-state index contributed by atoms with van der Waals surface area (Å²) in [5, 5.41) is 6.57. The van der Waals surface area contributed by atoms with Crippen LogP contribution in [0.1, 0.15) is 12.0 Å². The molecule has 2 rings (SSSR count). The van der Waals surface area contributed by atoms with Crippen molar-refractivity contribution in [1.29, 1.82) is 0 Å². The van der Waals surface area contributed by atoms with Gasteiger partial charge in [0.1, 0.15) is 0 Å². The third-order valence-electron chi connectivity index (χ3n) is 2.64. The van der Waals surface area contributed by atoms with E-state index in [1.807, 2.05) is 11.3 Å². The highest BCUT2D eigenvalue weighted by Gasteiger charge is 2.16. The van der Waals surface area contributed by atoms with E-state index in [-0.39, 0.29) is 24.0 Å². The smallest absolute Gasteiger partial charge is 0.191 e. The van der Waals surface area contributed by atoms with Gasteiger partial charge in [-0.05, 0) is 24.6 Å². The molecule has 0 amide bonds. The molecule has 104 valence electrons. The summed E-state index contributed by atoms with van der Waals surface area (Å²) >= 11 is 0. The molecule has 0 unspecified atom stereocenters. The van der Waals surface area contributed by atoms with Gasteiger partial charge in [-0.25, -0.2) is 0 Å². The lowest BCUT2D eigenvalue weighted by Crippen LogP contribution is -3.00. The van der Waals surface area contributed by atoms with E-state index in [1.54, 1.807) is 0 Å². The lowest BCUT2D eigenvalue weighted by Gasteiger charge is -2.15. The van der Waals surface area contributed by atoms with Gasteiger partial charge in [0.25, 0.3) is 0 Å². The summed E-state index contributed by atoms with van der Waals surface area (Å²) in [7, 11) is 6.24. The van der Waals surface area contributed by atoms with Crippen molar-refractivity contribution >= 4 is 17.9 Å². The summed E-state index contributed by atoms with van der Waals surface area (Å²) in [6.45, 7) is 3.01. The van der Waals surface area contributed by atoms with Crippen LogP contribution in [0.5, 0.6) is 0 Å². The number of hydrogen-bond donors (Lipinski definition) is 0. The SMILES string of the molecule is Cc1cccc(N2CCC(N=C[N+](C)(C)C)=N2)c1.[I-]. The van der Waals surface area contributed by atoms with E-state index in [4.69, 9.17) is 0 Å². The number of nitrogens with zero attached hydrogens (tertiary/aromatic N) is 4. The average molecular weight is 372 g/mol. The monoisotopic (exact) mass is 372 g/mol. The van der Waals surface area contributed by atoms with Crippen molar-refractivity contribution in [2.75, 3.05) is 32.7 Å². The Morgan fingerprint density at radius 2 is 2.05 bits per heavy atom. The number of quaternary nitrogens is 1. The van der Waals surface area contributed by atoms with Crippen molar-refractivity contribution in [3.05, 3.63) is 29.8 Å². The van der Waals surface area contributed by atoms with Crippen LogP contribution in [0, 0.1) is 6.92 Å². The highest BCUT2D eigenvalue weighted by molar-refractivity contribution is 5.90. The zero-order valence-corrected chi connectivity index (χ0v) is 14.1. The predicted molar refractivity (Wildman–Crippen MR) is 77.1 cm³/mol.